The van der Waals surface area contributed by atoms with Gasteiger partial charge < -0.3 is 20.0 Å². The fraction of sp³-hybridized carbons (Fsp3) is 0.400. The van der Waals surface area contributed by atoms with E-state index in [1.807, 2.05) is 24.0 Å². The average molecular weight is 355 g/mol. The molecule has 26 heavy (non-hydrogen) atoms. The summed E-state index contributed by atoms with van der Waals surface area (Å²) in [5.41, 5.74) is 2.11. The minimum absolute atomic E-state index is 0.00838. The number of aryl methyl sites for hydroxylation is 1. The lowest BCUT2D eigenvalue weighted by molar-refractivity contribution is 0.0692. The van der Waals surface area contributed by atoms with E-state index in [-0.39, 0.29) is 23.6 Å². The van der Waals surface area contributed by atoms with Crippen molar-refractivity contribution in [2.24, 2.45) is 0 Å². The van der Waals surface area contributed by atoms with Crippen molar-refractivity contribution >= 4 is 17.5 Å². The molecule has 0 saturated carbocycles. The molecule has 2 amide bonds. The number of carbonyl (C=O) groups is 2. The molecule has 0 aliphatic carbocycles. The topological polar surface area (TPSA) is 74.6 Å². The maximum Gasteiger partial charge on any atom is 0.291 e. The van der Waals surface area contributed by atoms with Gasteiger partial charge in [-0.2, -0.15) is 0 Å². The Morgan fingerprint density at radius 2 is 2.19 bits per heavy atom. The van der Waals surface area contributed by atoms with Gasteiger partial charge >= 0.3 is 0 Å². The summed E-state index contributed by atoms with van der Waals surface area (Å²) in [6.07, 6.45) is 3.34. The van der Waals surface area contributed by atoms with Gasteiger partial charge in [0, 0.05) is 30.4 Å². The van der Waals surface area contributed by atoms with Gasteiger partial charge in [-0.1, -0.05) is 13.0 Å². The number of rotatable bonds is 6. The molecule has 2 heterocycles. The van der Waals surface area contributed by atoms with Crippen molar-refractivity contribution in [3.8, 4) is 0 Å². The van der Waals surface area contributed by atoms with Crippen molar-refractivity contribution in [1.82, 2.24) is 10.2 Å². The first kappa shape index (κ1) is 18.2. The molecule has 2 aromatic rings. The van der Waals surface area contributed by atoms with E-state index in [2.05, 4.69) is 17.6 Å². The van der Waals surface area contributed by atoms with E-state index >= 15 is 0 Å². The zero-order valence-corrected chi connectivity index (χ0v) is 15.2. The molecule has 2 N–H and O–H groups in total. The van der Waals surface area contributed by atoms with Crippen LogP contribution in [0.25, 0.3) is 0 Å². The van der Waals surface area contributed by atoms with Gasteiger partial charge in [-0.25, -0.2) is 0 Å². The van der Waals surface area contributed by atoms with Crippen LogP contribution in [0.2, 0.25) is 0 Å². The van der Waals surface area contributed by atoms with Crippen LogP contribution in [0.5, 0.6) is 0 Å². The second kappa shape index (κ2) is 8.19. The monoisotopic (exact) mass is 355 g/mol. The minimum Gasteiger partial charge on any atom is -0.459 e. The van der Waals surface area contributed by atoms with Crippen LogP contribution in [0.15, 0.2) is 41.0 Å². The number of nitrogens with one attached hydrogen (secondary N) is 2. The van der Waals surface area contributed by atoms with Crippen LogP contribution in [-0.2, 0) is 0 Å². The number of furan rings is 1. The molecule has 1 unspecified atom stereocenters. The van der Waals surface area contributed by atoms with Gasteiger partial charge in [-0.05, 0) is 56.1 Å². The highest BCUT2D eigenvalue weighted by Gasteiger charge is 2.27. The van der Waals surface area contributed by atoms with Crippen LogP contribution in [-0.4, -0.2) is 42.4 Å². The summed E-state index contributed by atoms with van der Waals surface area (Å²) in [4.78, 5) is 27.3. The zero-order valence-electron chi connectivity index (χ0n) is 15.2. The van der Waals surface area contributed by atoms with Crippen LogP contribution in [0, 0.1) is 6.92 Å². The zero-order chi connectivity index (χ0) is 18.5. The van der Waals surface area contributed by atoms with Crippen molar-refractivity contribution in [2.75, 3.05) is 25.0 Å². The van der Waals surface area contributed by atoms with Gasteiger partial charge in [0.05, 0.1) is 6.26 Å². The number of hydrogen-bond donors (Lipinski definition) is 2. The van der Waals surface area contributed by atoms with E-state index in [9.17, 15) is 9.59 Å². The second-order valence-corrected chi connectivity index (χ2v) is 6.61. The van der Waals surface area contributed by atoms with Crippen LogP contribution in [0.3, 0.4) is 0 Å². The summed E-state index contributed by atoms with van der Waals surface area (Å²) < 4.78 is 5.13. The predicted molar refractivity (Wildman–Crippen MR) is 100 cm³/mol. The van der Waals surface area contributed by atoms with Crippen molar-refractivity contribution in [3.05, 3.63) is 53.5 Å². The van der Waals surface area contributed by atoms with Crippen LogP contribution in [0.4, 0.5) is 5.69 Å². The average Bonchev–Trinajstić information content (AvgIpc) is 3.34. The lowest BCUT2D eigenvalue weighted by Gasteiger charge is -2.28. The van der Waals surface area contributed by atoms with Gasteiger partial charge in [-0.3, -0.25) is 9.59 Å². The molecule has 0 spiro atoms. The lowest BCUT2D eigenvalue weighted by Crippen LogP contribution is -2.42. The summed E-state index contributed by atoms with van der Waals surface area (Å²) in [6, 6.07) is 8.94. The van der Waals surface area contributed by atoms with Gasteiger partial charge in [0.25, 0.3) is 11.8 Å². The maximum absolute atomic E-state index is 13.1. The Morgan fingerprint density at radius 3 is 2.85 bits per heavy atom. The summed E-state index contributed by atoms with van der Waals surface area (Å²) >= 11 is 0. The third-order valence-corrected chi connectivity index (χ3v) is 4.68. The molecule has 0 radical (unpaired) electrons. The SMILES string of the molecule is CCCN(C(=O)c1ccc(C)c(NC(=O)c2ccco2)c1)C1CCNC1. The number of nitrogens with zero attached hydrogens (tertiary/aromatic N) is 1. The number of anilines is 1. The molecular weight excluding hydrogens is 330 g/mol. The number of carbonyl (C=O) groups excluding carboxylic acids is 2. The fourth-order valence-electron chi connectivity index (χ4n) is 3.24. The molecular formula is C20H25N3O3. The third-order valence-electron chi connectivity index (χ3n) is 4.68. The Bertz CT molecular complexity index is 765. The fourth-order valence-corrected chi connectivity index (χ4v) is 3.24. The Hall–Kier alpha value is -2.60. The number of amides is 2. The van der Waals surface area contributed by atoms with E-state index < -0.39 is 0 Å². The van der Waals surface area contributed by atoms with E-state index in [1.54, 1.807) is 18.2 Å². The summed E-state index contributed by atoms with van der Waals surface area (Å²) in [5.74, 6) is -0.0760. The highest BCUT2D eigenvalue weighted by molar-refractivity contribution is 6.04. The molecule has 1 aliphatic rings. The Kier molecular flexibility index (Phi) is 5.73. The molecule has 138 valence electrons. The first-order chi connectivity index (χ1) is 12.6. The summed E-state index contributed by atoms with van der Waals surface area (Å²) in [5, 5.41) is 6.15. The van der Waals surface area contributed by atoms with Gasteiger partial charge in [0.15, 0.2) is 5.76 Å². The molecule has 1 fully saturated rings. The molecule has 6 heteroatoms. The van der Waals surface area contributed by atoms with Crippen molar-refractivity contribution in [3.63, 3.8) is 0 Å². The molecule has 1 saturated heterocycles. The van der Waals surface area contributed by atoms with Gasteiger partial charge in [0.1, 0.15) is 0 Å². The number of hydrogen-bond acceptors (Lipinski definition) is 4. The lowest BCUT2D eigenvalue weighted by atomic mass is 10.1. The first-order valence-electron chi connectivity index (χ1n) is 9.07. The van der Waals surface area contributed by atoms with Crippen LogP contribution >= 0.6 is 0 Å². The molecule has 6 nitrogen and oxygen atoms in total. The van der Waals surface area contributed by atoms with E-state index in [4.69, 9.17) is 4.42 Å². The standard InChI is InChI=1S/C20H25N3O3/c1-3-10-23(16-8-9-21-13-16)20(25)15-7-6-14(2)17(12-15)22-19(24)18-5-4-11-26-18/h4-7,11-12,16,21H,3,8-10,13H2,1-2H3,(H,22,24). The highest BCUT2D eigenvalue weighted by atomic mass is 16.3. The van der Waals surface area contributed by atoms with E-state index in [0.29, 0.717) is 11.3 Å². The summed E-state index contributed by atoms with van der Waals surface area (Å²) in [6.45, 7) is 6.48. The Labute approximate surface area is 153 Å². The van der Waals surface area contributed by atoms with Gasteiger partial charge in [-0.15, -0.1) is 0 Å². The Balaban J connectivity index is 1.81. The predicted octanol–water partition coefficient (Wildman–Crippen LogP) is 3.05. The van der Waals surface area contributed by atoms with Crippen molar-refractivity contribution in [1.29, 1.82) is 0 Å². The molecule has 1 aromatic carbocycles. The molecule has 0 bridgehead atoms. The minimum atomic E-state index is -0.326. The molecule has 1 aliphatic heterocycles. The molecule has 1 aromatic heterocycles. The molecule has 1 atom stereocenters. The maximum atomic E-state index is 13.1. The van der Waals surface area contributed by atoms with E-state index in [0.717, 1.165) is 38.0 Å². The van der Waals surface area contributed by atoms with E-state index in [1.165, 1.54) is 6.26 Å². The van der Waals surface area contributed by atoms with Crippen LogP contribution in [0.1, 0.15) is 46.2 Å². The third kappa shape index (κ3) is 3.96. The van der Waals surface area contributed by atoms with Crippen LogP contribution < -0.4 is 10.6 Å². The second-order valence-electron chi connectivity index (χ2n) is 6.61. The molecule has 3 rings (SSSR count). The van der Waals surface area contributed by atoms with Gasteiger partial charge in [0.2, 0.25) is 0 Å². The van der Waals surface area contributed by atoms with Crippen molar-refractivity contribution < 1.29 is 14.0 Å². The largest absolute Gasteiger partial charge is 0.459 e. The Morgan fingerprint density at radius 1 is 1.35 bits per heavy atom. The normalized spacial score (nSPS) is 16.5. The summed E-state index contributed by atoms with van der Waals surface area (Å²) in [7, 11) is 0. The number of benzene rings is 1. The highest BCUT2D eigenvalue weighted by Crippen LogP contribution is 2.21. The quantitative estimate of drug-likeness (QED) is 0.835. The smallest absolute Gasteiger partial charge is 0.291 e. The van der Waals surface area contributed by atoms with Crippen molar-refractivity contribution in [2.45, 2.75) is 32.7 Å². The first-order valence-corrected chi connectivity index (χ1v) is 9.07.